The van der Waals surface area contributed by atoms with Gasteiger partial charge in [0.25, 0.3) is 0 Å². The van der Waals surface area contributed by atoms with Gasteiger partial charge in [-0.15, -0.1) is 0 Å². The minimum Gasteiger partial charge on any atom is -0.461 e. The van der Waals surface area contributed by atoms with E-state index in [9.17, 15) is 9.59 Å². The number of carbonyl (C=O) groups excluding carboxylic acids is 2. The monoisotopic (exact) mass is 269 g/mol. The average Bonchev–Trinajstić information content (AvgIpc) is 2.31. The zero-order valence-electron chi connectivity index (χ0n) is 11.8. The maximum atomic E-state index is 11.5. The third-order valence-electron chi connectivity index (χ3n) is 3.15. The number of esters is 1. The lowest BCUT2D eigenvalue weighted by atomic mass is 9.99. The third-order valence-corrected chi connectivity index (χ3v) is 3.15. The van der Waals surface area contributed by atoms with Gasteiger partial charge >= 0.3 is 5.97 Å². The lowest BCUT2D eigenvalue weighted by molar-refractivity contribution is -0.136. The smallest absolute Gasteiger partial charge is 0.364 e. The molecular formula is C14H23NO4. The lowest BCUT2D eigenvalue weighted by Gasteiger charge is -2.17. The van der Waals surface area contributed by atoms with E-state index in [2.05, 4.69) is 5.16 Å². The van der Waals surface area contributed by atoms with Gasteiger partial charge in [0.15, 0.2) is 5.78 Å². The average molecular weight is 269 g/mol. The van der Waals surface area contributed by atoms with Gasteiger partial charge < -0.3 is 9.57 Å². The Morgan fingerprint density at radius 1 is 1.11 bits per heavy atom. The van der Waals surface area contributed by atoms with Gasteiger partial charge in [-0.1, -0.05) is 24.4 Å². The van der Waals surface area contributed by atoms with E-state index < -0.39 is 11.8 Å². The molecule has 0 aliphatic heterocycles. The standard InChI is InChI=1S/C14H23NO4/c1-3-18-14(17)13(11(2)16)15-19-12-9-7-5-4-6-8-10-12/h12H,3-10H2,1-2H3/b15-13+. The number of Topliss-reactive ketones (excluding diaryl/α,β-unsaturated/α-hetero) is 1. The molecule has 1 rings (SSSR count). The molecule has 0 aromatic heterocycles. The van der Waals surface area contributed by atoms with Crippen LogP contribution in [-0.4, -0.2) is 30.2 Å². The molecule has 1 saturated carbocycles. The molecule has 0 N–H and O–H groups in total. The van der Waals surface area contributed by atoms with Crippen molar-refractivity contribution in [2.24, 2.45) is 5.16 Å². The van der Waals surface area contributed by atoms with Crippen molar-refractivity contribution in [3.63, 3.8) is 0 Å². The van der Waals surface area contributed by atoms with Crippen LogP contribution in [0.5, 0.6) is 0 Å². The van der Waals surface area contributed by atoms with E-state index in [1.165, 1.54) is 26.2 Å². The first-order chi connectivity index (χ1) is 9.15. The van der Waals surface area contributed by atoms with E-state index in [0.717, 1.165) is 25.7 Å². The zero-order valence-corrected chi connectivity index (χ0v) is 11.8. The summed E-state index contributed by atoms with van der Waals surface area (Å²) in [6.45, 7) is 3.19. The Kier molecular flexibility index (Phi) is 7.15. The van der Waals surface area contributed by atoms with Crippen LogP contribution in [0.25, 0.3) is 0 Å². The lowest BCUT2D eigenvalue weighted by Crippen LogP contribution is -2.26. The molecule has 0 spiro atoms. The maximum absolute atomic E-state index is 11.5. The summed E-state index contributed by atoms with van der Waals surface area (Å²) in [6.07, 6.45) is 7.77. The van der Waals surface area contributed by atoms with Crippen LogP contribution in [0.1, 0.15) is 58.8 Å². The first kappa shape index (κ1) is 15.7. The highest BCUT2D eigenvalue weighted by molar-refractivity contribution is 6.63. The number of rotatable bonds is 5. The first-order valence-corrected chi connectivity index (χ1v) is 7.07. The maximum Gasteiger partial charge on any atom is 0.364 e. The van der Waals surface area contributed by atoms with Crippen molar-refractivity contribution in [2.45, 2.75) is 64.9 Å². The molecule has 0 bridgehead atoms. The summed E-state index contributed by atoms with van der Waals surface area (Å²) in [6, 6.07) is 0. The normalized spacial score (nSPS) is 18.3. The molecule has 1 fully saturated rings. The van der Waals surface area contributed by atoms with E-state index in [1.807, 2.05) is 0 Å². The summed E-state index contributed by atoms with van der Waals surface area (Å²) in [4.78, 5) is 28.2. The summed E-state index contributed by atoms with van der Waals surface area (Å²) in [5.74, 6) is -1.13. The van der Waals surface area contributed by atoms with Crippen LogP contribution in [-0.2, 0) is 19.2 Å². The predicted molar refractivity (Wildman–Crippen MR) is 71.9 cm³/mol. The molecule has 5 nitrogen and oxygen atoms in total. The van der Waals surface area contributed by atoms with Gasteiger partial charge in [-0.05, 0) is 32.6 Å². The molecule has 19 heavy (non-hydrogen) atoms. The number of oxime groups is 1. The summed E-state index contributed by atoms with van der Waals surface area (Å²) in [5.41, 5.74) is -0.246. The van der Waals surface area contributed by atoms with Gasteiger partial charge in [-0.2, -0.15) is 0 Å². The molecule has 0 heterocycles. The van der Waals surface area contributed by atoms with Gasteiger partial charge in [0.05, 0.1) is 6.61 Å². The number of nitrogens with zero attached hydrogens (tertiary/aromatic N) is 1. The van der Waals surface area contributed by atoms with Crippen LogP contribution in [0.2, 0.25) is 0 Å². The Bertz CT molecular complexity index is 330. The fraction of sp³-hybridized carbons (Fsp3) is 0.786. The van der Waals surface area contributed by atoms with Crippen LogP contribution < -0.4 is 0 Å². The number of ether oxygens (including phenoxy) is 1. The second-order valence-electron chi connectivity index (χ2n) is 4.79. The van der Waals surface area contributed by atoms with E-state index in [-0.39, 0.29) is 18.4 Å². The van der Waals surface area contributed by atoms with Gasteiger partial charge in [0.2, 0.25) is 5.71 Å². The Morgan fingerprint density at radius 3 is 2.21 bits per heavy atom. The molecule has 0 unspecified atom stereocenters. The number of ketones is 1. The van der Waals surface area contributed by atoms with Crippen LogP contribution in [0.3, 0.4) is 0 Å². The Morgan fingerprint density at radius 2 is 1.68 bits per heavy atom. The molecule has 0 radical (unpaired) electrons. The molecule has 5 heteroatoms. The molecule has 1 aliphatic rings. The van der Waals surface area contributed by atoms with Crippen LogP contribution >= 0.6 is 0 Å². The highest BCUT2D eigenvalue weighted by atomic mass is 16.6. The van der Waals surface area contributed by atoms with Crippen LogP contribution in [0.15, 0.2) is 5.16 Å². The number of carbonyl (C=O) groups is 2. The van der Waals surface area contributed by atoms with Crippen molar-refractivity contribution in [1.82, 2.24) is 0 Å². The molecule has 0 saturated heterocycles. The van der Waals surface area contributed by atoms with Gasteiger partial charge in [-0.25, -0.2) is 4.79 Å². The van der Waals surface area contributed by atoms with Crippen molar-refractivity contribution >= 4 is 17.5 Å². The summed E-state index contributed by atoms with van der Waals surface area (Å²) < 4.78 is 4.78. The number of hydrogen-bond donors (Lipinski definition) is 0. The third kappa shape index (κ3) is 5.85. The zero-order chi connectivity index (χ0) is 14.1. The fourth-order valence-corrected chi connectivity index (χ4v) is 2.10. The largest absolute Gasteiger partial charge is 0.461 e. The quantitative estimate of drug-likeness (QED) is 0.333. The van der Waals surface area contributed by atoms with Crippen molar-refractivity contribution in [1.29, 1.82) is 0 Å². The second-order valence-corrected chi connectivity index (χ2v) is 4.79. The minimum atomic E-state index is -0.708. The van der Waals surface area contributed by atoms with Crippen molar-refractivity contribution < 1.29 is 19.2 Å². The van der Waals surface area contributed by atoms with Crippen molar-refractivity contribution in [2.75, 3.05) is 6.61 Å². The van der Waals surface area contributed by atoms with Crippen molar-refractivity contribution in [3.8, 4) is 0 Å². The Labute approximate surface area is 114 Å². The topological polar surface area (TPSA) is 65.0 Å². The van der Waals surface area contributed by atoms with Crippen LogP contribution in [0.4, 0.5) is 0 Å². The Balaban J connectivity index is 2.57. The Hall–Kier alpha value is -1.39. The molecule has 0 aromatic carbocycles. The van der Waals surface area contributed by atoms with E-state index in [4.69, 9.17) is 9.57 Å². The van der Waals surface area contributed by atoms with Crippen LogP contribution in [0, 0.1) is 0 Å². The van der Waals surface area contributed by atoms with E-state index in [0.29, 0.717) is 0 Å². The number of hydrogen-bond acceptors (Lipinski definition) is 5. The van der Waals surface area contributed by atoms with Gasteiger partial charge in [0.1, 0.15) is 6.10 Å². The van der Waals surface area contributed by atoms with E-state index in [1.54, 1.807) is 6.92 Å². The highest BCUT2D eigenvalue weighted by Crippen LogP contribution is 2.19. The highest BCUT2D eigenvalue weighted by Gasteiger charge is 2.20. The molecule has 1 aliphatic carbocycles. The van der Waals surface area contributed by atoms with E-state index >= 15 is 0 Å². The molecule has 0 atom stereocenters. The SMILES string of the molecule is CCOC(=O)/C(=N/OC1CCCCCCC1)C(C)=O. The van der Waals surface area contributed by atoms with Gasteiger partial charge in [0, 0.05) is 6.92 Å². The summed E-state index contributed by atoms with van der Waals surface area (Å²) in [7, 11) is 0. The molecule has 108 valence electrons. The summed E-state index contributed by atoms with van der Waals surface area (Å²) in [5, 5.41) is 3.73. The minimum absolute atomic E-state index is 0.00377. The molecule has 0 aromatic rings. The van der Waals surface area contributed by atoms with Crippen molar-refractivity contribution in [3.05, 3.63) is 0 Å². The fourth-order valence-electron chi connectivity index (χ4n) is 2.10. The molecular weight excluding hydrogens is 246 g/mol. The second kappa shape index (κ2) is 8.67. The predicted octanol–water partition coefficient (Wildman–Crippen LogP) is 2.62. The molecule has 0 amide bonds. The summed E-state index contributed by atoms with van der Waals surface area (Å²) >= 11 is 0. The van der Waals surface area contributed by atoms with Gasteiger partial charge in [-0.3, -0.25) is 4.79 Å². The first-order valence-electron chi connectivity index (χ1n) is 7.07.